The number of carboxylic acid groups (broad SMARTS) is 1. The Kier molecular flexibility index (Phi) is 9.17. The van der Waals surface area contributed by atoms with E-state index < -0.39 is 21.9 Å². The van der Waals surface area contributed by atoms with Crippen molar-refractivity contribution in [1.29, 1.82) is 0 Å². The first-order valence-corrected chi connectivity index (χ1v) is 12.4. The maximum absolute atomic E-state index is 12.9. The lowest BCUT2D eigenvalue weighted by Crippen LogP contribution is -2.51. The summed E-state index contributed by atoms with van der Waals surface area (Å²) >= 11 is 0. The molecular weight excluding hydrogens is 369 g/mol. The van der Waals surface area contributed by atoms with E-state index in [0.717, 1.165) is 12.1 Å². The van der Waals surface area contributed by atoms with Crippen molar-refractivity contribution in [2.45, 2.75) is 45.1 Å². The number of nitrogens with zero attached hydrogens (tertiary/aromatic N) is 1. The number of nitrogens with one attached hydrogen (secondary N) is 2. The fraction of sp³-hybridized carbons (Fsp3) is 0.611. The zero-order valence-corrected chi connectivity index (χ0v) is 18.4. The Morgan fingerprint density at radius 3 is 2.35 bits per heavy atom. The van der Waals surface area contributed by atoms with Crippen LogP contribution in [0.4, 0.5) is 5.69 Å². The molecule has 1 aromatic carbocycles. The van der Waals surface area contributed by atoms with Crippen molar-refractivity contribution >= 4 is 30.0 Å². The SMILES string of the molecule is CCCCCc1ccc(N[SH](=O)(P)N[C@H](CC(=O)O)C[N+](C)(C)C)cc1. The van der Waals surface area contributed by atoms with Gasteiger partial charge in [-0.25, -0.2) is 8.93 Å². The molecule has 0 aliphatic rings. The van der Waals surface area contributed by atoms with E-state index in [1.165, 1.54) is 24.8 Å². The number of hydrogen-bond donors (Lipinski definition) is 4. The Hall–Kier alpha value is -1.01. The molecule has 0 heterocycles. The molecule has 0 radical (unpaired) electrons. The fourth-order valence-corrected chi connectivity index (χ4v) is 5.24. The van der Waals surface area contributed by atoms with Gasteiger partial charge in [-0.1, -0.05) is 31.9 Å². The highest BCUT2D eigenvalue weighted by molar-refractivity contribution is 8.44. The topological polar surface area (TPSA) is 78.4 Å². The van der Waals surface area contributed by atoms with E-state index in [2.05, 4.69) is 24.8 Å². The molecule has 26 heavy (non-hydrogen) atoms. The number of benzene rings is 1. The third-order valence-electron chi connectivity index (χ3n) is 3.88. The fourth-order valence-electron chi connectivity index (χ4n) is 2.84. The van der Waals surface area contributed by atoms with Crippen LogP contribution in [0.15, 0.2) is 24.3 Å². The summed E-state index contributed by atoms with van der Waals surface area (Å²) in [6.07, 6.45) is 4.57. The van der Waals surface area contributed by atoms with Gasteiger partial charge in [0.25, 0.3) is 0 Å². The van der Waals surface area contributed by atoms with Crippen molar-refractivity contribution in [3.8, 4) is 0 Å². The van der Waals surface area contributed by atoms with E-state index in [1.54, 1.807) is 0 Å². The summed E-state index contributed by atoms with van der Waals surface area (Å²) < 4.78 is 19.5. The summed E-state index contributed by atoms with van der Waals surface area (Å²) in [6, 6.07) is 7.54. The van der Waals surface area contributed by atoms with Crippen molar-refractivity contribution in [2.75, 3.05) is 32.4 Å². The van der Waals surface area contributed by atoms with Gasteiger partial charge in [-0.3, -0.25) is 4.79 Å². The van der Waals surface area contributed by atoms with Crippen molar-refractivity contribution in [3.63, 3.8) is 0 Å². The number of unbranched alkanes of at least 4 members (excludes halogenated alkanes) is 2. The van der Waals surface area contributed by atoms with Crippen LogP contribution < -0.4 is 9.44 Å². The molecule has 1 aromatic rings. The first-order valence-electron chi connectivity index (χ1n) is 9.06. The number of aryl methyl sites for hydroxylation is 1. The molecule has 0 saturated heterocycles. The molecule has 0 fully saturated rings. The van der Waals surface area contributed by atoms with Gasteiger partial charge in [-0.15, -0.1) is 0 Å². The van der Waals surface area contributed by atoms with Crippen molar-refractivity contribution in [3.05, 3.63) is 29.8 Å². The molecule has 2 atom stereocenters. The van der Waals surface area contributed by atoms with Crippen LogP contribution in [0.2, 0.25) is 0 Å². The number of carbonyl (C=O) groups is 1. The predicted molar refractivity (Wildman–Crippen MR) is 115 cm³/mol. The minimum absolute atomic E-state index is 0.0774. The van der Waals surface area contributed by atoms with Crippen LogP contribution in [-0.4, -0.2) is 53.5 Å². The number of rotatable bonds is 12. The molecule has 0 spiro atoms. The molecule has 3 N–H and O–H groups in total. The van der Waals surface area contributed by atoms with Gasteiger partial charge in [0.1, 0.15) is 0 Å². The van der Waals surface area contributed by atoms with Gasteiger partial charge in [-0.2, -0.15) is 0 Å². The van der Waals surface area contributed by atoms with Gasteiger partial charge in [0.15, 0.2) is 0 Å². The second-order valence-corrected chi connectivity index (χ2v) is 11.8. The third-order valence-corrected chi connectivity index (χ3v) is 6.06. The number of anilines is 1. The Labute approximate surface area is 161 Å². The van der Waals surface area contributed by atoms with Crippen molar-refractivity contribution < 1.29 is 18.6 Å². The second kappa shape index (κ2) is 10.4. The van der Waals surface area contributed by atoms with E-state index in [9.17, 15) is 9.00 Å². The summed E-state index contributed by atoms with van der Waals surface area (Å²) in [5.74, 6) is -0.905. The second-order valence-electron chi connectivity index (χ2n) is 7.82. The number of quaternary nitrogens is 1. The van der Waals surface area contributed by atoms with Crippen LogP contribution in [0.1, 0.15) is 38.2 Å². The van der Waals surface area contributed by atoms with Crippen LogP contribution in [0.25, 0.3) is 0 Å². The molecule has 0 saturated carbocycles. The highest BCUT2D eigenvalue weighted by Crippen LogP contribution is 2.20. The van der Waals surface area contributed by atoms with Crippen molar-refractivity contribution in [1.82, 2.24) is 4.72 Å². The van der Waals surface area contributed by atoms with Crippen LogP contribution in [0, 0.1) is 0 Å². The molecule has 150 valence electrons. The zero-order valence-electron chi connectivity index (χ0n) is 16.4. The maximum Gasteiger partial charge on any atom is 0.305 e. The van der Waals surface area contributed by atoms with Crippen LogP contribution >= 0.6 is 8.44 Å². The first kappa shape index (κ1) is 23.0. The van der Waals surface area contributed by atoms with E-state index in [-0.39, 0.29) is 6.42 Å². The van der Waals surface area contributed by atoms with E-state index in [0.29, 0.717) is 11.0 Å². The van der Waals surface area contributed by atoms with Crippen LogP contribution in [-0.2, 0) is 21.1 Å². The number of thiol groups is 1. The molecule has 0 aromatic heterocycles. The molecule has 0 aliphatic carbocycles. The number of hydrogen-bond acceptors (Lipinski definition) is 2. The molecule has 1 rings (SSSR count). The smallest absolute Gasteiger partial charge is 0.305 e. The quantitative estimate of drug-likeness (QED) is 0.187. The highest BCUT2D eigenvalue weighted by atomic mass is 32.8. The average Bonchev–Trinajstić information content (AvgIpc) is 2.45. The van der Waals surface area contributed by atoms with Gasteiger partial charge in [0.05, 0.1) is 40.2 Å². The number of likely N-dealkylation sites (N-methyl/N-ethyl adjacent to an activating group) is 1. The minimum atomic E-state index is -3.01. The van der Waals surface area contributed by atoms with Crippen molar-refractivity contribution in [2.24, 2.45) is 0 Å². The lowest BCUT2D eigenvalue weighted by atomic mass is 10.1. The van der Waals surface area contributed by atoms with Gasteiger partial charge < -0.3 is 14.3 Å². The normalized spacial score (nSPS) is 14.0. The largest absolute Gasteiger partial charge is 0.481 e. The predicted octanol–water partition coefficient (Wildman–Crippen LogP) is 2.61. The molecule has 0 amide bonds. The Balaban J connectivity index is 2.70. The lowest BCUT2D eigenvalue weighted by molar-refractivity contribution is -0.871. The van der Waals surface area contributed by atoms with Crippen LogP contribution in [0.3, 0.4) is 0 Å². The van der Waals surface area contributed by atoms with E-state index in [4.69, 9.17) is 5.11 Å². The van der Waals surface area contributed by atoms with E-state index >= 15 is 0 Å². The van der Waals surface area contributed by atoms with E-state index in [1.807, 2.05) is 45.4 Å². The highest BCUT2D eigenvalue weighted by Gasteiger charge is 2.24. The number of aliphatic carboxylic acids is 1. The maximum atomic E-state index is 12.9. The lowest BCUT2D eigenvalue weighted by Gasteiger charge is -2.33. The zero-order chi connectivity index (χ0) is 19.8. The summed E-state index contributed by atoms with van der Waals surface area (Å²) in [6.45, 7) is 2.75. The molecule has 0 aliphatic heterocycles. The molecule has 8 heteroatoms. The first-order chi connectivity index (χ1) is 12.0. The standard InChI is InChI=1S/C18H34N3O3PS/c1-5-6-7-8-15-9-11-16(12-10-15)19-26(24,25)20-17(13-18(22)23)14-21(2,3)4/h9-12,17,26H,5-8,13-14,25H2,1-4H3,(H2-,19,20,22,23,24)/p+1/t17-/m1/s1. The van der Waals surface area contributed by atoms with Gasteiger partial charge >= 0.3 is 5.97 Å². The van der Waals surface area contributed by atoms with Crippen LogP contribution in [0.5, 0.6) is 0 Å². The minimum Gasteiger partial charge on any atom is -0.481 e. The summed E-state index contributed by atoms with van der Waals surface area (Å²) in [7, 11) is 5.25. The monoisotopic (exact) mass is 404 g/mol. The van der Waals surface area contributed by atoms with Gasteiger partial charge in [0, 0.05) is 15.6 Å². The molecule has 0 bridgehead atoms. The van der Waals surface area contributed by atoms with Gasteiger partial charge in [0.2, 0.25) is 0 Å². The van der Waals surface area contributed by atoms with Gasteiger partial charge in [-0.05, 0) is 39.0 Å². The Morgan fingerprint density at radius 2 is 1.85 bits per heavy atom. The molecular formula is C18H35N3O3PS+. The Morgan fingerprint density at radius 1 is 1.23 bits per heavy atom. The third kappa shape index (κ3) is 10.2. The summed E-state index contributed by atoms with van der Waals surface area (Å²) in [5.41, 5.74) is 2.03. The Bertz CT molecular complexity index is 617. The average molecular weight is 405 g/mol. The summed E-state index contributed by atoms with van der Waals surface area (Å²) in [5, 5.41) is 9.12. The summed E-state index contributed by atoms with van der Waals surface area (Å²) in [4.78, 5) is 11.1. The molecule has 6 nitrogen and oxygen atoms in total. The number of carboxylic acids is 1. The molecule has 1 unspecified atom stereocenters.